The third kappa shape index (κ3) is 26.3. The number of benzene rings is 3. The highest BCUT2D eigenvalue weighted by molar-refractivity contribution is 6.03. The molecule has 7 heterocycles. The maximum absolute atomic E-state index is 15.7. The van der Waals surface area contributed by atoms with Crippen molar-refractivity contribution < 1.29 is 116 Å². The minimum Gasteiger partial charge on any atom is -0.508 e. The number of aromatic hydroxyl groups is 1. The minimum atomic E-state index is -2.29. The molecule has 5 aliphatic rings. The summed E-state index contributed by atoms with van der Waals surface area (Å²) in [5, 5.41) is 66.0. The van der Waals surface area contributed by atoms with Crippen LogP contribution in [0.3, 0.4) is 0 Å². The van der Waals surface area contributed by atoms with Crippen molar-refractivity contribution in [1.29, 1.82) is 0 Å². The molecule has 0 saturated carbocycles. The lowest BCUT2D eigenvalue weighted by atomic mass is 10.00. The molecule has 0 aliphatic carbocycles. The number of fused-ring (bicyclic) bond motifs is 14. The van der Waals surface area contributed by atoms with Gasteiger partial charge < -0.3 is 119 Å². The predicted octanol–water partition coefficient (Wildman–Crippen LogP) is -2.28. The molecule has 5 aliphatic heterocycles. The second-order valence-electron chi connectivity index (χ2n) is 33.8. The lowest BCUT2D eigenvalue weighted by Gasteiger charge is -2.32. The molecule has 5 aromatic rings. The number of methoxy groups -OCH3 is 1. The molecule has 2 bridgehead atoms. The number of carboxylic acids is 1. The van der Waals surface area contributed by atoms with Crippen LogP contribution in [0.2, 0.25) is 0 Å². The number of hydrogen-bond acceptors (Lipinski definition) is 23. The summed E-state index contributed by atoms with van der Waals surface area (Å²) in [6, 6.07) is -5.82. The largest absolute Gasteiger partial charge is 0.508 e. The minimum absolute atomic E-state index is 0.0196. The number of nitrogens with zero attached hydrogens (tertiary/aromatic N) is 3. The van der Waals surface area contributed by atoms with E-state index in [1.807, 2.05) is 0 Å². The molecule has 3 aromatic carbocycles. The van der Waals surface area contributed by atoms with Crippen molar-refractivity contribution in [2.45, 2.75) is 254 Å². The highest BCUT2D eigenvalue weighted by atomic mass is 16.5. The molecule has 0 unspecified atom stereocenters. The first-order chi connectivity index (χ1) is 62.0. The van der Waals surface area contributed by atoms with Crippen molar-refractivity contribution in [3.63, 3.8) is 0 Å². The molecule has 16 amide bonds. The molecule has 42 nitrogen and oxygen atoms in total. The van der Waals surface area contributed by atoms with Crippen LogP contribution in [-0.2, 0) is 120 Å². The van der Waals surface area contributed by atoms with Crippen LogP contribution < -0.4 is 69.1 Å². The van der Waals surface area contributed by atoms with Crippen LogP contribution in [0.15, 0.2) is 85.2 Å². The van der Waals surface area contributed by atoms with Gasteiger partial charge in [-0.3, -0.25) is 86.3 Å². The van der Waals surface area contributed by atoms with E-state index in [2.05, 4.69) is 79.1 Å². The maximum Gasteiger partial charge on any atom is 0.326 e. The zero-order chi connectivity index (χ0) is 94.3. The van der Waals surface area contributed by atoms with Crippen LogP contribution >= 0.6 is 0 Å². The monoisotopic (exact) mass is 1810 g/mol. The van der Waals surface area contributed by atoms with Crippen LogP contribution in [-0.4, -0.2) is 289 Å². The van der Waals surface area contributed by atoms with Gasteiger partial charge >= 0.3 is 17.9 Å². The fourth-order valence-corrected chi connectivity index (χ4v) is 16.7. The molecular weight excluding hydrogens is 1690 g/mol. The summed E-state index contributed by atoms with van der Waals surface area (Å²) < 4.78 is 10.9. The average Bonchev–Trinajstić information content (AvgIpc) is 1.64. The number of carboxylic acid groups (broad SMARTS) is 1. The predicted molar refractivity (Wildman–Crippen MR) is 462 cm³/mol. The molecule has 42 heteroatoms. The highest BCUT2D eigenvalue weighted by Gasteiger charge is 2.47. The number of phenols is 1. The Morgan fingerprint density at radius 3 is 1.79 bits per heavy atom. The third-order valence-electron chi connectivity index (χ3n) is 23.7. The van der Waals surface area contributed by atoms with Gasteiger partial charge in [-0.2, -0.15) is 0 Å². The van der Waals surface area contributed by atoms with E-state index in [9.17, 15) is 63.3 Å². The second-order valence-corrected chi connectivity index (χ2v) is 33.8. The number of aromatic amines is 2. The average molecular weight is 1810 g/mol. The van der Waals surface area contributed by atoms with Gasteiger partial charge in [0, 0.05) is 99.4 Å². The summed E-state index contributed by atoms with van der Waals surface area (Å²) >= 11 is 0. The number of rotatable bonds is 22. The fourth-order valence-electron chi connectivity index (χ4n) is 16.7. The lowest BCUT2D eigenvalue weighted by molar-refractivity contribution is -0.154. The van der Waals surface area contributed by atoms with Crippen molar-refractivity contribution in [1.82, 2.24) is 93.8 Å². The van der Waals surface area contributed by atoms with Crippen LogP contribution in [0, 0.1) is 5.92 Å². The van der Waals surface area contributed by atoms with Gasteiger partial charge in [0.15, 0.2) is 0 Å². The summed E-state index contributed by atoms with van der Waals surface area (Å²) in [5.74, 6) is -20.3. The normalized spacial score (nSPS) is 25.0. The maximum atomic E-state index is 15.7. The van der Waals surface area contributed by atoms with Gasteiger partial charge in [-0.05, 0) is 145 Å². The Morgan fingerprint density at radius 2 is 1.15 bits per heavy atom. The van der Waals surface area contributed by atoms with E-state index < -0.39 is 260 Å². The van der Waals surface area contributed by atoms with Gasteiger partial charge in [0.05, 0.1) is 20.1 Å². The van der Waals surface area contributed by atoms with E-state index >= 15 is 43.2 Å². The number of aromatic nitrogens is 2. The second kappa shape index (κ2) is 45.9. The molecule has 16 atom stereocenters. The fraction of sp³-hybridized carbons (Fsp3) is 0.534. The van der Waals surface area contributed by atoms with Crippen LogP contribution in [0.25, 0.3) is 21.8 Å². The molecular formula is C88H116N18O24. The Balaban J connectivity index is 1.06. The number of carbonyl (C=O) groups excluding carboxylic acids is 18. The lowest BCUT2D eigenvalue weighted by Crippen LogP contribution is -2.62. The van der Waals surface area contributed by atoms with E-state index in [1.165, 1.54) is 65.9 Å². The molecule has 5 fully saturated rings. The molecule has 0 spiro atoms. The standard InChI is InChI=1S/C88H116N18O24/c1-45(2)37-61-78(117)94-58-21-12-13-33-89-70(110)31-29-59(77(116)101-65(88(127)128)38-50-25-27-53(109)28-26-50)95-76(115)60(30-32-71(111)129-7)96-79(118)62(39-51-42-90-56-19-10-8-17-54(51)56)97-80(119)63(98-81(120)66(44-107)102-83(122)68-23-14-34-104(68)86(125)64(100-75(58)114)40-52-43-91-57-20-11-9-18-55(52)57)41-72(112)130-48(5)73(84(123)99-61)103-74(113)46(3)93-82(121)67-22-15-35-105(67)87(126)69-24-16-36-106(69)85(124)47(4)92-49(6)108/h8-11,17-20,25-28,42-43,45-48,58-69,73,90-91,107,109H,12-16,21-24,29-41,44H2,1-7H3,(H,89,110)(H,92,108)(H,93,121)(H,94,117)(H,95,115)(H,96,118)(H,97,119)(H,98,120)(H,99,123)(H,100,114)(H,101,116)(H,102,122)(H,103,113)(H,127,128)/t46-,47+,48+,58-,59-,60+,61-,62-,63-,64-,65-,66+,67-,68-,69+,73+/m0/s1. The number of hydrogen-bond donors (Lipinski definition) is 18. The number of para-hydroxylation sites is 2. The first-order valence-electron chi connectivity index (χ1n) is 43.8. The molecule has 5 saturated heterocycles. The molecule has 130 heavy (non-hydrogen) atoms. The Morgan fingerprint density at radius 1 is 0.569 bits per heavy atom. The number of likely N-dealkylation sites (tertiary alicyclic amines) is 2. The van der Waals surface area contributed by atoms with E-state index in [4.69, 9.17) is 9.47 Å². The first kappa shape index (κ1) is 98.6. The van der Waals surface area contributed by atoms with Crippen molar-refractivity contribution >= 4 is 134 Å². The number of aliphatic carboxylic acids is 1. The topological polar surface area (TPSA) is 601 Å². The Kier molecular flexibility index (Phi) is 34.8. The van der Waals surface area contributed by atoms with Gasteiger partial charge in [0.25, 0.3) is 0 Å². The zero-order valence-corrected chi connectivity index (χ0v) is 73.4. The van der Waals surface area contributed by atoms with Gasteiger partial charge in [0.2, 0.25) is 94.5 Å². The number of aliphatic hydroxyl groups is 1. The third-order valence-corrected chi connectivity index (χ3v) is 23.7. The first-order valence-corrected chi connectivity index (χ1v) is 43.8. The number of phenolic OH excluding ortho intramolecular Hbond substituents is 1. The molecule has 10 rings (SSSR count). The van der Waals surface area contributed by atoms with Gasteiger partial charge in [-0.25, -0.2) is 4.79 Å². The molecule has 702 valence electrons. The van der Waals surface area contributed by atoms with Crippen molar-refractivity contribution in [2.24, 2.45) is 5.92 Å². The summed E-state index contributed by atoms with van der Waals surface area (Å²) in [7, 11) is 1.03. The van der Waals surface area contributed by atoms with Crippen LogP contribution in [0.4, 0.5) is 0 Å². The van der Waals surface area contributed by atoms with Crippen molar-refractivity contribution in [3.05, 3.63) is 102 Å². The molecule has 2 aromatic heterocycles. The van der Waals surface area contributed by atoms with Gasteiger partial charge in [-0.15, -0.1) is 0 Å². The van der Waals surface area contributed by atoms with E-state index in [-0.39, 0.29) is 96.1 Å². The number of carbonyl (C=O) groups is 19. The SMILES string of the molecule is COC(=O)CC[C@H]1NC(=O)[C@H](Cc2c[nH]c3ccccc23)NC(=O)[C@@H]2CC(=O)O[C@H](C)[C@@H](NC(=O)[C@H](C)NC(=O)[C@@H]3CCCN3C(=O)[C@H]3CCCN3C(=O)[C@@H](C)NC(C)=O)C(=O)N[C@@H](CC(C)C)C(=O)N[C@@H](CCCCNC(=O)CC[C@@H](C(=O)N[C@@H](Cc3ccc(O)cc3)C(=O)O)NC1=O)C(=O)N[C@@H](Cc1c[nH]c3ccccc13)C(=O)N1CCC[C@H]1C(=O)N[C@H](CO)C(=O)N2. The van der Waals surface area contributed by atoms with Crippen LogP contribution in [0.1, 0.15) is 155 Å². The molecule has 0 radical (unpaired) electrons. The van der Waals surface area contributed by atoms with Crippen LogP contribution in [0.5, 0.6) is 5.75 Å². The quantitative estimate of drug-likeness (QED) is 0.0325. The highest BCUT2D eigenvalue weighted by Crippen LogP contribution is 2.29. The van der Waals surface area contributed by atoms with Crippen molar-refractivity contribution in [2.75, 3.05) is 39.9 Å². The number of aliphatic hydroxyl groups excluding tert-OH is 1. The molecule has 18 N–H and O–H groups in total. The number of nitrogens with one attached hydrogen (secondary N) is 15. The van der Waals surface area contributed by atoms with Gasteiger partial charge in [-0.1, -0.05) is 62.4 Å². The summed E-state index contributed by atoms with van der Waals surface area (Å²) in [6.07, 6.45) is -2.93. The van der Waals surface area contributed by atoms with Gasteiger partial charge in [0.1, 0.15) is 102 Å². The Labute approximate surface area is 747 Å². The Hall–Kier alpha value is -13.6. The smallest absolute Gasteiger partial charge is 0.326 e. The van der Waals surface area contributed by atoms with E-state index in [1.54, 1.807) is 68.6 Å². The number of esters is 2. The van der Waals surface area contributed by atoms with E-state index in [0.29, 0.717) is 51.3 Å². The number of amides is 16. The zero-order valence-electron chi connectivity index (χ0n) is 73.4. The summed E-state index contributed by atoms with van der Waals surface area (Å²) in [6.45, 7) is 7.17. The van der Waals surface area contributed by atoms with E-state index in [0.717, 1.165) is 14.0 Å². The Bertz CT molecular complexity index is 5040. The number of ether oxygens (including phenoxy) is 2. The summed E-state index contributed by atoms with van der Waals surface area (Å²) in [4.78, 5) is 287. The number of H-pyrrole nitrogens is 2. The summed E-state index contributed by atoms with van der Waals surface area (Å²) in [5.41, 5.74) is 2.30. The van der Waals surface area contributed by atoms with Crippen molar-refractivity contribution in [3.8, 4) is 5.75 Å².